The van der Waals surface area contributed by atoms with Crippen LogP contribution in [-0.4, -0.2) is 35.4 Å². The number of para-hydroxylation sites is 1. The van der Waals surface area contributed by atoms with E-state index in [2.05, 4.69) is 5.32 Å². The first-order valence-electron chi connectivity index (χ1n) is 10.6. The molecule has 0 bridgehead atoms. The lowest BCUT2D eigenvalue weighted by Gasteiger charge is -2.15. The van der Waals surface area contributed by atoms with Crippen LogP contribution in [-0.2, 0) is 11.3 Å². The Kier molecular flexibility index (Phi) is 7.23. The largest absolute Gasteiger partial charge is 0.493 e. The van der Waals surface area contributed by atoms with E-state index in [1.807, 2.05) is 55.6 Å². The molecule has 9 heteroatoms. The lowest BCUT2D eigenvalue weighted by Crippen LogP contribution is -2.26. The molecule has 176 valence electrons. The van der Waals surface area contributed by atoms with Crippen molar-refractivity contribution >= 4 is 39.2 Å². The summed E-state index contributed by atoms with van der Waals surface area (Å²) in [7, 11) is 3.14. The van der Waals surface area contributed by atoms with Gasteiger partial charge in [-0.1, -0.05) is 41.6 Å². The number of thioether (sulfide) groups is 1. The van der Waals surface area contributed by atoms with Gasteiger partial charge in [-0.25, -0.2) is 4.98 Å². The van der Waals surface area contributed by atoms with Crippen molar-refractivity contribution in [2.75, 3.05) is 20.0 Å². The van der Waals surface area contributed by atoms with Crippen LogP contribution in [0.1, 0.15) is 16.7 Å². The second-order valence-electron chi connectivity index (χ2n) is 7.68. The Morgan fingerprint density at radius 1 is 1.15 bits per heavy atom. The van der Waals surface area contributed by atoms with Gasteiger partial charge in [-0.05, 0) is 43.0 Å². The third kappa shape index (κ3) is 4.80. The number of hydrogen-bond acceptors (Lipinski definition) is 7. The number of benzene rings is 2. The predicted octanol–water partition coefficient (Wildman–Crippen LogP) is 4.49. The van der Waals surface area contributed by atoms with Crippen LogP contribution in [0.3, 0.4) is 0 Å². The number of thiophene rings is 1. The molecule has 0 aliphatic heterocycles. The van der Waals surface area contributed by atoms with Crippen LogP contribution in [0.25, 0.3) is 15.9 Å². The molecule has 2 aromatic carbocycles. The predicted molar refractivity (Wildman–Crippen MR) is 137 cm³/mol. The number of methoxy groups -OCH3 is 2. The fourth-order valence-electron chi connectivity index (χ4n) is 3.73. The number of nitrogens with zero attached hydrogens (tertiary/aromatic N) is 2. The summed E-state index contributed by atoms with van der Waals surface area (Å²) in [6.45, 7) is 4.27. The summed E-state index contributed by atoms with van der Waals surface area (Å²) < 4.78 is 13.0. The maximum atomic E-state index is 13.3. The standard InChI is InChI=1S/C25H25N3O4S2/c1-15-8-9-19(16(2)12-15)28-24(30)23-18(10-11-33-23)27-25(28)34-14-21(29)26-13-17-6-5-7-20(31-3)22(17)32-4/h5-12H,13-14H2,1-4H3,(H,26,29). The number of carbonyl (C=O) groups excluding carboxylic acids is 1. The molecule has 2 aromatic heterocycles. The monoisotopic (exact) mass is 495 g/mol. The van der Waals surface area contributed by atoms with Gasteiger partial charge in [0.15, 0.2) is 16.7 Å². The van der Waals surface area contributed by atoms with E-state index < -0.39 is 0 Å². The van der Waals surface area contributed by atoms with E-state index in [1.54, 1.807) is 24.9 Å². The van der Waals surface area contributed by atoms with Crippen molar-refractivity contribution in [2.45, 2.75) is 25.5 Å². The molecule has 0 unspecified atom stereocenters. The van der Waals surface area contributed by atoms with E-state index in [0.29, 0.717) is 33.4 Å². The van der Waals surface area contributed by atoms with Crippen LogP contribution in [0.2, 0.25) is 0 Å². The van der Waals surface area contributed by atoms with Crippen LogP contribution in [0.5, 0.6) is 11.5 Å². The molecule has 4 rings (SSSR count). The molecule has 1 N–H and O–H groups in total. The van der Waals surface area contributed by atoms with Gasteiger partial charge in [0, 0.05) is 12.1 Å². The maximum absolute atomic E-state index is 13.3. The highest BCUT2D eigenvalue weighted by Crippen LogP contribution is 2.30. The molecule has 0 saturated heterocycles. The Bertz CT molecular complexity index is 1410. The average Bonchev–Trinajstić information content (AvgIpc) is 3.31. The van der Waals surface area contributed by atoms with E-state index in [1.165, 1.54) is 23.1 Å². The molecule has 2 heterocycles. The molecule has 0 fully saturated rings. The lowest BCUT2D eigenvalue weighted by atomic mass is 10.1. The first-order valence-corrected chi connectivity index (χ1v) is 12.5. The van der Waals surface area contributed by atoms with Crippen molar-refractivity contribution in [1.82, 2.24) is 14.9 Å². The highest BCUT2D eigenvalue weighted by atomic mass is 32.2. The van der Waals surface area contributed by atoms with E-state index in [-0.39, 0.29) is 17.2 Å². The van der Waals surface area contributed by atoms with Gasteiger partial charge in [0.2, 0.25) is 5.91 Å². The van der Waals surface area contributed by atoms with Gasteiger partial charge in [-0.15, -0.1) is 11.3 Å². The van der Waals surface area contributed by atoms with E-state index in [9.17, 15) is 9.59 Å². The second-order valence-corrected chi connectivity index (χ2v) is 9.54. The molecule has 0 aliphatic rings. The smallest absolute Gasteiger partial charge is 0.276 e. The van der Waals surface area contributed by atoms with Crippen LogP contribution < -0.4 is 20.3 Å². The molecule has 0 saturated carbocycles. The summed E-state index contributed by atoms with van der Waals surface area (Å²) in [6.07, 6.45) is 0. The number of ether oxygens (including phenoxy) is 2. The first kappa shape index (κ1) is 23.8. The van der Waals surface area contributed by atoms with Crippen molar-refractivity contribution in [1.29, 1.82) is 0 Å². The highest BCUT2D eigenvalue weighted by Gasteiger charge is 2.17. The van der Waals surface area contributed by atoms with Gasteiger partial charge in [-0.2, -0.15) is 0 Å². The van der Waals surface area contributed by atoms with Crippen molar-refractivity contribution in [3.63, 3.8) is 0 Å². The second kappa shape index (κ2) is 10.3. The molecule has 0 spiro atoms. The van der Waals surface area contributed by atoms with E-state index in [4.69, 9.17) is 14.5 Å². The molecular weight excluding hydrogens is 470 g/mol. The molecule has 7 nitrogen and oxygen atoms in total. The SMILES string of the molecule is COc1cccc(CNC(=O)CSc2nc3ccsc3c(=O)n2-c2ccc(C)cc2C)c1OC. The normalized spacial score (nSPS) is 10.9. The highest BCUT2D eigenvalue weighted by molar-refractivity contribution is 7.99. The Morgan fingerprint density at radius 2 is 1.97 bits per heavy atom. The van der Waals surface area contributed by atoms with Gasteiger partial charge < -0.3 is 14.8 Å². The number of aromatic nitrogens is 2. The van der Waals surface area contributed by atoms with Gasteiger partial charge in [0.1, 0.15) is 4.70 Å². The zero-order valence-corrected chi connectivity index (χ0v) is 21.0. The van der Waals surface area contributed by atoms with E-state index in [0.717, 1.165) is 22.4 Å². The van der Waals surface area contributed by atoms with Crippen molar-refractivity contribution in [3.8, 4) is 17.2 Å². The summed E-state index contributed by atoms with van der Waals surface area (Å²) in [5.74, 6) is 1.13. The van der Waals surface area contributed by atoms with Crippen molar-refractivity contribution in [2.24, 2.45) is 0 Å². The number of aryl methyl sites for hydroxylation is 2. The van der Waals surface area contributed by atoms with Crippen molar-refractivity contribution < 1.29 is 14.3 Å². The van der Waals surface area contributed by atoms with E-state index >= 15 is 0 Å². The Morgan fingerprint density at radius 3 is 2.71 bits per heavy atom. The zero-order valence-electron chi connectivity index (χ0n) is 19.4. The first-order chi connectivity index (χ1) is 16.4. The fraction of sp³-hybridized carbons (Fsp3) is 0.240. The number of carbonyl (C=O) groups is 1. The fourth-order valence-corrected chi connectivity index (χ4v) is 5.32. The molecular formula is C25H25N3O4S2. The Labute approximate surface area is 205 Å². The lowest BCUT2D eigenvalue weighted by molar-refractivity contribution is -0.118. The summed E-state index contributed by atoms with van der Waals surface area (Å²) in [6, 6.07) is 13.3. The van der Waals surface area contributed by atoms with Crippen LogP contribution in [0, 0.1) is 13.8 Å². The van der Waals surface area contributed by atoms with Crippen LogP contribution in [0.4, 0.5) is 0 Å². The summed E-state index contributed by atoms with van der Waals surface area (Å²) in [4.78, 5) is 30.7. The number of hydrogen-bond donors (Lipinski definition) is 1. The number of fused-ring (bicyclic) bond motifs is 1. The molecule has 34 heavy (non-hydrogen) atoms. The van der Waals surface area contributed by atoms with Gasteiger partial charge in [-0.3, -0.25) is 14.2 Å². The zero-order chi connectivity index (χ0) is 24.2. The third-order valence-electron chi connectivity index (χ3n) is 5.34. The quantitative estimate of drug-likeness (QED) is 0.287. The minimum Gasteiger partial charge on any atom is -0.493 e. The van der Waals surface area contributed by atoms with Gasteiger partial charge in [0.05, 0.1) is 31.2 Å². The van der Waals surface area contributed by atoms with Crippen LogP contribution in [0.15, 0.2) is 57.8 Å². The molecule has 4 aromatic rings. The van der Waals surface area contributed by atoms with Gasteiger partial charge >= 0.3 is 0 Å². The molecule has 1 amide bonds. The molecule has 0 radical (unpaired) electrons. The van der Waals surface area contributed by atoms with Crippen molar-refractivity contribution in [3.05, 3.63) is 74.9 Å². The summed E-state index contributed by atoms with van der Waals surface area (Å²) in [5, 5.41) is 5.25. The molecule has 0 atom stereocenters. The topological polar surface area (TPSA) is 82.5 Å². The van der Waals surface area contributed by atoms with Crippen LogP contribution >= 0.6 is 23.1 Å². The summed E-state index contributed by atoms with van der Waals surface area (Å²) in [5.41, 5.74) is 4.17. The van der Waals surface area contributed by atoms with Gasteiger partial charge in [0.25, 0.3) is 5.56 Å². The Balaban J connectivity index is 1.57. The minimum atomic E-state index is -0.179. The number of rotatable bonds is 8. The Hall–Kier alpha value is -3.30. The average molecular weight is 496 g/mol. The number of nitrogens with one attached hydrogen (secondary N) is 1. The maximum Gasteiger partial charge on any atom is 0.276 e. The number of amides is 1. The third-order valence-corrected chi connectivity index (χ3v) is 7.17. The minimum absolute atomic E-state index is 0.110. The summed E-state index contributed by atoms with van der Waals surface area (Å²) >= 11 is 2.61. The molecule has 0 aliphatic carbocycles.